The molecule has 3 aromatic heterocycles. The van der Waals surface area contributed by atoms with Crippen LogP contribution in [-0.2, 0) is 56.3 Å². The summed E-state index contributed by atoms with van der Waals surface area (Å²) >= 11 is 6.67. The van der Waals surface area contributed by atoms with Crippen molar-refractivity contribution >= 4 is 54.1 Å². The second-order valence-electron chi connectivity index (χ2n) is 18.4. The maximum Gasteiger partial charge on any atom is 0.435 e. The predicted molar refractivity (Wildman–Crippen MR) is 230 cm³/mol. The number of nitrogens with one attached hydrogen (secondary N) is 2. The highest BCUT2D eigenvalue weighted by atomic mass is 35.5. The van der Waals surface area contributed by atoms with Crippen LogP contribution in [0.15, 0.2) is 42.5 Å². The number of rotatable bonds is 14. The van der Waals surface area contributed by atoms with Crippen molar-refractivity contribution in [1.29, 1.82) is 0 Å². The molecule has 0 bridgehead atoms. The lowest BCUT2D eigenvalue weighted by atomic mass is 9.93. The molecule has 0 aliphatic heterocycles. The van der Waals surface area contributed by atoms with Crippen LogP contribution in [0, 0.1) is 29.4 Å². The Balaban J connectivity index is 1.22. The second-order valence-corrected chi connectivity index (χ2v) is 23.8. The standard InChI is InChI=1S/C44H39ClF9N7O5S2/c1-41(2,67(63,64)25-5-6-25)11-10-24-4-7-26(27-8-9-30(45)35-37(27)60(19-32(48)49)58-40(35)59-68(65,66)42(3)12-13-42)36(55-24)31(16-21-14-22(46)17-23(47)15-21)56-33(62)20-61-39-34(38(57-61)44(52,53)54)28-18-29(28)43(39,50)51/h4,7-9,14-15,17,25,28-29,31-32H,5-6,12-13,16,18-20H2,1-3H3,(H,56,62)(H,58,59)/t28-,29?,31-/m0/s1. The van der Waals surface area contributed by atoms with Gasteiger partial charge in [-0.25, -0.2) is 39.4 Å². The van der Waals surface area contributed by atoms with Crippen LogP contribution in [0.3, 0.4) is 0 Å². The maximum atomic E-state index is 15.6. The van der Waals surface area contributed by atoms with Crippen molar-refractivity contribution in [2.75, 3.05) is 4.72 Å². The van der Waals surface area contributed by atoms with Gasteiger partial charge in [0.1, 0.15) is 40.9 Å². The first-order valence-electron chi connectivity index (χ1n) is 21.2. The highest BCUT2D eigenvalue weighted by Gasteiger charge is 2.68. The summed E-state index contributed by atoms with van der Waals surface area (Å²) in [5, 5.41) is 9.27. The van der Waals surface area contributed by atoms with E-state index in [4.69, 9.17) is 11.6 Å². The van der Waals surface area contributed by atoms with Gasteiger partial charge in [0, 0.05) is 28.7 Å². The van der Waals surface area contributed by atoms with E-state index in [0.29, 0.717) is 31.7 Å². The molecule has 3 saturated carbocycles. The monoisotopic (exact) mass is 1020 g/mol. The average Bonchev–Trinajstić information content (AvgIpc) is 4.16. The molecule has 0 saturated heterocycles. The van der Waals surface area contributed by atoms with Crippen molar-refractivity contribution in [3.8, 4) is 23.0 Å². The largest absolute Gasteiger partial charge is 0.435 e. The van der Waals surface area contributed by atoms with Crippen molar-refractivity contribution in [3.05, 3.63) is 93.0 Å². The Kier molecular flexibility index (Phi) is 11.3. The number of hydrogen-bond donors (Lipinski definition) is 2. The summed E-state index contributed by atoms with van der Waals surface area (Å²) in [7, 11) is -7.95. The Morgan fingerprint density at radius 3 is 2.25 bits per heavy atom. The summed E-state index contributed by atoms with van der Waals surface area (Å²) in [6.45, 7) is 1.93. The Morgan fingerprint density at radius 2 is 1.63 bits per heavy atom. The zero-order chi connectivity index (χ0) is 49.3. The smallest absolute Gasteiger partial charge is 0.346 e. The zero-order valence-corrected chi connectivity index (χ0v) is 38.3. The van der Waals surface area contributed by atoms with Crippen LogP contribution in [0.5, 0.6) is 0 Å². The Labute approximate surface area is 388 Å². The van der Waals surface area contributed by atoms with Crippen molar-refractivity contribution in [3.63, 3.8) is 0 Å². The van der Waals surface area contributed by atoms with E-state index in [-0.39, 0.29) is 55.1 Å². The molecule has 1 amide bonds. The number of carbonyl (C=O) groups excluding carboxylic acids is 1. The molecule has 24 heteroatoms. The third-order valence-electron chi connectivity index (χ3n) is 12.9. The van der Waals surface area contributed by atoms with Crippen LogP contribution >= 0.6 is 11.6 Å². The molecule has 1 unspecified atom stereocenters. The molecule has 362 valence electrons. The number of benzene rings is 2. The SMILES string of the molecule is CC1(S(=O)(=O)Nc2nn(CC(F)F)c3c(-c4ccc(C#CC(C)(C)S(=O)(=O)C5CC5)nc4[C@H](Cc4cc(F)cc(F)c4)NC(=O)Cn4nc(C(F)(F)F)c5c4C(F)(F)C4C[C@H]54)ccc(Cl)c23)CC1. The first kappa shape index (κ1) is 47.7. The first-order chi connectivity index (χ1) is 31.6. The fourth-order valence-electron chi connectivity index (χ4n) is 8.80. The van der Waals surface area contributed by atoms with E-state index in [1.165, 1.54) is 45.0 Å². The van der Waals surface area contributed by atoms with Crippen LogP contribution in [0.2, 0.25) is 5.02 Å². The maximum absolute atomic E-state index is 15.6. The van der Waals surface area contributed by atoms with E-state index in [1.54, 1.807) is 0 Å². The van der Waals surface area contributed by atoms with E-state index in [2.05, 4.69) is 37.1 Å². The Morgan fingerprint density at radius 1 is 0.971 bits per heavy atom. The summed E-state index contributed by atoms with van der Waals surface area (Å²) in [5.74, 6) is -4.64. The fourth-order valence-corrected chi connectivity index (χ4v) is 12.1. The number of alkyl halides is 7. The van der Waals surface area contributed by atoms with Crippen LogP contribution in [0.1, 0.15) is 98.7 Å². The number of halogens is 10. The van der Waals surface area contributed by atoms with Gasteiger partial charge in [-0.1, -0.05) is 23.6 Å². The van der Waals surface area contributed by atoms with E-state index in [1.807, 2.05) is 0 Å². The van der Waals surface area contributed by atoms with E-state index < -0.39 is 131 Å². The van der Waals surface area contributed by atoms with Gasteiger partial charge in [-0.05, 0) is 107 Å². The minimum atomic E-state index is -5.16. The quantitative estimate of drug-likeness (QED) is 0.0826. The van der Waals surface area contributed by atoms with Gasteiger partial charge in [0.05, 0.1) is 37.7 Å². The molecule has 68 heavy (non-hydrogen) atoms. The van der Waals surface area contributed by atoms with Gasteiger partial charge >= 0.3 is 6.18 Å². The van der Waals surface area contributed by atoms with E-state index in [9.17, 15) is 52.4 Å². The number of carbonyl (C=O) groups is 1. The van der Waals surface area contributed by atoms with E-state index >= 15 is 8.78 Å². The normalized spacial score (nSPS) is 19.9. The molecule has 0 spiro atoms. The summed E-state index contributed by atoms with van der Waals surface area (Å²) < 4.78 is 186. The lowest BCUT2D eigenvalue weighted by molar-refractivity contribution is -0.142. The molecular formula is C44H39ClF9N7O5S2. The number of hydrogen-bond acceptors (Lipinski definition) is 8. The van der Waals surface area contributed by atoms with Crippen LogP contribution in [0.25, 0.3) is 22.0 Å². The van der Waals surface area contributed by atoms with Crippen molar-refractivity contribution in [2.45, 2.75) is 118 Å². The number of aromatic nitrogens is 5. The summed E-state index contributed by atoms with van der Waals surface area (Å²) in [6, 6.07) is 6.04. The van der Waals surface area contributed by atoms with Crippen LogP contribution in [-0.4, -0.2) is 68.5 Å². The number of anilines is 1. The Hall–Kier alpha value is -5.34. The number of nitrogens with zero attached hydrogens (tertiary/aromatic N) is 5. The highest BCUT2D eigenvalue weighted by Crippen LogP contribution is 2.68. The molecule has 2 aromatic carbocycles. The molecule has 4 aliphatic rings. The topological polar surface area (TPSA) is 158 Å². The Bertz CT molecular complexity index is 3210. The minimum Gasteiger partial charge on any atom is -0.346 e. The zero-order valence-electron chi connectivity index (χ0n) is 36.0. The third kappa shape index (κ3) is 8.47. The van der Waals surface area contributed by atoms with Gasteiger partial charge in [0.15, 0.2) is 21.3 Å². The molecule has 12 nitrogen and oxygen atoms in total. The lowest BCUT2D eigenvalue weighted by Crippen LogP contribution is -2.35. The number of pyridine rings is 1. The molecule has 0 radical (unpaired) electrons. The molecule has 4 aliphatic carbocycles. The van der Waals surface area contributed by atoms with Crippen molar-refractivity contribution in [1.82, 2.24) is 29.9 Å². The molecule has 3 heterocycles. The lowest BCUT2D eigenvalue weighted by Gasteiger charge is -2.23. The number of fused-ring (bicyclic) bond motifs is 4. The van der Waals surface area contributed by atoms with Gasteiger partial charge in [0.2, 0.25) is 15.9 Å². The molecule has 3 fully saturated rings. The molecule has 2 N–H and O–H groups in total. The molecular weight excluding hydrogens is 977 g/mol. The van der Waals surface area contributed by atoms with Gasteiger partial charge in [-0.2, -0.15) is 32.1 Å². The van der Waals surface area contributed by atoms with Crippen molar-refractivity contribution < 1.29 is 61.1 Å². The van der Waals surface area contributed by atoms with Gasteiger partial charge in [-0.15, -0.1) is 0 Å². The van der Waals surface area contributed by atoms with Gasteiger partial charge < -0.3 is 5.32 Å². The van der Waals surface area contributed by atoms with Crippen molar-refractivity contribution in [2.24, 2.45) is 5.92 Å². The first-order valence-corrected chi connectivity index (χ1v) is 24.6. The number of amides is 1. The number of sulfone groups is 1. The molecule has 3 atom stereocenters. The van der Waals surface area contributed by atoms with Crippen LogP contribution < -0.4 is 10.0 Å². The third-order valence-corrected chi connectivity index (χ3v) is 18.2. The van der Waals surface area contributed by atoms with E-state index in [0.717, 1.165) is 16.8 Å². The number of sulfonamides is 1. The fraction of sp³-hybridized carbons (Fsp3) is 0.455. The minimum absolute atomic E-state index is 0.0254. The van der Waals surface area contributed by atoms with Crippen LogP contribution in [0.4, 0.5) is 45.3 Å². The summed E-state index contributed by atoms with van der Waals surface area (Å²) in [6.07, 6.45) is -7.56. The molecule has 5 aromatic rings. The van der Waals surface area contributed by atoms with Gasteiger partial charge in [0.25, 0.3) is 12.3 Å². The molecule has 9 rings (SSSR count). The van der Waals surface area contributed by atoms with Gasteiger partial charge in [-0.3, -0.25) is 18.9 Å². The summed E-state index contributed by atoms with van der Waals surface area (Å²) in [4.78, 5) is 18.8. The highest BCUT2D eigenvalue weighted by molar-refractivity contribution is 7.94. The predicted octanol–water partition coefficient (Wildman–Crippen LogP) is 8.82. The summed E-state index contributed by atoms with van der Waals surface area (Å²) in [5.41, 5.74) is -4.15. The average molecular weight is 1020 g/mol. The second kappa shape index (κ2) is 16.1.